The molecule has 0 atom stereocenters. The molecule has 0 unspecified atom stereocenters. The van der Waals surface area contributed by atoms with E-state index in [1.807, 2.05) is 30.3 Å². The Morgan fingerprint density at radius 3 is 2.68 bits per heavy atom. The SMILES string of the molecule is O=c1oc2ccccc2cc1Nc1cccc(Cl)c1. The molecule has 0 bridgehead atoms. The Kier molecular flexibility index (Phi) is 2.97. The van der Waals surface area contributed by atoms with E-state index in [1.165, 1.54) is 0 Å². The second-order valence-electron chi connectivity index (χ2n) is 4.12. The van der Waals surface area contributed by atoms with E-state index in [4.69, 9.17) is 16.0 Å². The van der Waals surface area contributed by atoms with Crippen LogP contribution < -0.4 is 10.9 Å². The number of para-hydroxylation sites is 1. The molecule has 0 radical (unpaired) electrons. The van der Waals surface area contributed by atoms with Gasteiger partial charge in [0.25, 0.3) is 0 Å². The third-order valence-electron chi connectivity index (χ3n) is 2.75. The number of fused-ring (bicyclic) bond motifs is 1. The molecule has 3 aromatic rings. The third kappa shape index (κ3) is 2.46. The lowest BCUT2D eigenvalue weighted by molar-refractivity contribution is 0.564. The van der Waals surface area contributed by atoms with Gasteiger partial charge in [0.1, 0.15) is 11.3 Å². The fourth-order valence-electron chi connectivity index (χ4n) is 1.87. The van der Waals surface area contributed by atoms with Crippen LogP contribution in [-0.4, -0.2) is 0 Å². The van der Waals surface area contributed by atoms with Crippen LogP contribution >= 0.6 is 11.6 Å². The summed E-state index contributed by atoms with van der Waals surface area (Å²) in [7, 11) is 0. The maximum absolute atomic E-state index is 11.9. The first-order chi connectivity index (χ1) is 9.22. The summed E-state index contributed by atoms with van der Waals surface area (Å²) < 4.78 is 5.24. The summed E-state index contributed by atoms with van der Waals surface area (Å²) in [5.74, 6) is 0. The van der Waals surface area contributed by atoms with Crippen molar-refractivity contribution in [2.75, 3.05) is 5.32 Å². The molecular formula is C15H10ClNO2. The smallest absolute Gasteiger partial charge is 0.360 e. The highest BCUT2D eigenvalue weighted by molar-refractivity contribution is 6.30. The summed E-state index contributed by atoms with van der Waals surface area (Å²) in [6.07, 6.45) is 0. The molecule has 1 N–H and O–H groups in total. The average molecular weight is 272 g/mol. The fourth-order valence-corrected chi connectivity index (χ4v) is 2.06. The first-order valence-corrected chi connectivity index (χ1v) is 6.16. The van der Waals surface area contributed by atoms with E-state index >= 15 is 0 Å². The first-order valence-electron chi connectivity index (χ1n) is 5.78. The summed E-state index contributed by atoms with van der Waals surface area (Å²) in [6, 6.07) is 16.3. The van der Waals surface area contributed by atoms with Crippen molar-refractivity contribution in [3.8, 4) is 0 Å². The van der Waals surface area contributed by atoms with Gasteiger partial charge in [0, 0.05) is 16.1 Å². The molecule has 0 saturated heterocycles. The lowest BCUT2D eigenvalue weighted by Crippen LogP contribution is -2.06. The van der Waals surface area contributed by atoms with Gasteiger partial charge in [-0.2, -0.15) is 0 Å². The zero-order valence-electron chi connectivity index (χ0n) is 9.89. The van der Waals surface area contributed by atoms with Crippen molar-refractivity contribution >= 4 is 33.9 Å². The molecule has 0 saturated carbocycles. The molecule has 0 spiro atoms. The molecule has 0 aliphatic heterocycles. The van der Waals surface area contributed by atoms with Crippen LogP contribution in [-0.2, 0) is 0 Å². The van der Waals surface area contributed by atoms with Gasteiger partial charge in [0.2, 0.25) is 0 Å². The first kappa shape index (κ1) is 11.8. The molecule has 3 rings (SSSR count). The monoisotopic (exact) mass is 271 g/mol. The van der Waals surface area contributed by atoms with Crippen LogP contribution in [0.25, 0.3) is 11.0 Å². The van der Waals surface area contributed by atoms with Crippen LogP contribution in [0.15, 0.2) is 63.8 Å². The van der Waals surface area contributed by atoms with Gasteiger partial charge in [0.05, 0.1) is 0 Å². The van der Waals surface area contributed by atoms with Gasteiger partial charge in [-0.05, 0) is 30.3 Å². The number of benzene rings is 2. The Balaban J connectivity index is 2.05. The number of halogens is 1. The van der Waals surface area contributed by atoms with Crippen LogP contribution in [0, 0.1) is 0 Å². The predicted octanol–water partition coefficient (Wildman–Crippen LogP) is 4.19. The van der Waals surface area contributed by atoms with Crippen molar-refractivity contribution in [1.29, 1.82) is 0 Å². The van der Waals surface area contributed by atoms with Crippen LogP contribution in [0.3, 0.4) is 0 Å². The summed E-state index contributed by atoms with van der Waals surface area (Å²) in [5.41, 5.74) is 1.30. The van der Waals surface area contributed by atoms with Gasteiger partial charge < -0.3 is 9.73 Å². The quantitative estimate of drug-likeness (QED) is 0.711. The van der Waals surface area contributed by atoms with Crippen molar-refractivity contribution in [3.05, 3.63) is 70.0 Å². The minimum atomic E-state index is -0.404. The zero-order chi connectivity index (χ0) is 13.2. The Labute approximate surface area is 114 Å². The fraction of sp³-hybridized carbons (Fsp3) is 0. The number of rotatable bonds is 2. The van der Waals surface area contributed by atoms with Crippen molar-refractivity contribution in [3.63, 3.8) is 0 Å². The molecule has 19 heavy (non-hydrogen) atoms. The lowest BCUT2D eigenvalue weighted by atomic mass is 10.2. The standard InChI is InChI=1S/C15H10ClNO2/c16-11-5-3-6-12(9-11)17-13-8-10-4-1-2-7-14(10)19-15(13)18/h1-9,17H. The van der Waals surface area contributed by atoms with E-state index in [1.54, 1.807) is 24.3 Å². The normalized spacial score (nSPS) is 10.6. The average Bonchev–Trinajstić information content (AvgIpc) is 2.40. The molecule has 0 amide bonds. The van der Waals surface area contributed by atoms with E-state index in [2.05, 4.69) is 5.32 Å². The summed E-state index contributed by atoms with van der Waals surface area (Å²) in [4.78, 5) is 11.9. The predicted molar refractivity (Wildman–Crippen MR) is 77.2 cm³/mol. The van der Waals surface area contributed by atoms with Gasteiger partial charge in [-0.15, -0.1) is 0 Å². The highest BCUT2D eigenvalue weighted by Crippen LogP contribution is 2.21. The topological polar surface area (TPSA) is 42.2 Å². The Hall–Kier alpha value is -2.26. The summed E-state index contributed by atoms with van der Waals surface area (Å²) in [6.45, 7) is 0. The molecular weight excluding hydrogens is 262 g/mol. The Bertz CT molecular complexity index is 795. The van der Waals surface area contributed by atoms with E-state index in [0.717, 1.165) is 11.1 Å². The van der Waals surface area contributed by atoms with E-state index in [0.29, 0.717) is 16.3 Å². The molecule has 0 fully saturated rings. The number of hydrogen-bond acceptors (Lipinski definition) is 3. The van der Waals surface area contributed by atoms with Crippen LogP contribution in [0.1, 0.15) is 0 Å². The van der Waals surface area contributed by atoms with Gasteiger partial charge >= 0.3 is 5.63 Å². The number of anilines is 2. The third-order valence-corrected chi connectivity index (χ3v) is 2.98. The van der Waals surface area contributed by atoms with Crippen molar-refractivity contribution in [2.24, 2.45) is 0 Å². The van der Waals surface area contributed by atoms with E-state index in [9.17, 15) is 4.79 Å². The molecule has 4 heteroatoms. The minimum absolute atomic E-state index is 0.390. The summed E-state index contributed by atoms with van der Waals surface area (Å²) >= 11 is 5.90. The van der Waals surface area contributed by atoms with Gasteiger partial charge in [0.15, 0.2) is 0 Å². The molecule has 2 aromatic carbocycles. The molecule has 1 aromatic heterocycles. The van der Waals surface area contributed by atoms with Crippen LogP contribution in [0.4, 0.5) is 11.4 Å². The zero-order valence-corrected chi connectivity index (χ0v) is 10.6. The highest BCUT2D eigenvalue weighted by Gasteiger charge is 2.05. The second kappa shape index (κ2) is 4.78. The molecule has 0 aliphatic carbocycles. The maximum Gasteiger partial charge on any atom is 0.360 e. The number of nitrogens with one attached hydrogen (secondary N) is 1. The summed E-state index contributed by atoms with van der Waals surface area (Å²) in [5, 5.41) is 4.49. The largest absolute Gasteiger partial charge is 0.421 e. The highest BCUT2D eigenvalue weighted by atomic mass is 35.5. The Morgan fingerprint density at radius 1 is 1.00 bits per heavy atom. The van der Waals surface area contributed by atoms with Gasteiger partial charge in [-0.25, -0.2) is 4.79 Å². The second-order valence-corrected chi connectivity index (χ2v) is 4.56. The van der Waals surface area contributed by atoms with Crippen LogP contribution in [0.5, 0.6) is 0 Å². The molecule has 94 valence electrons. The van der Waals surface area contributed by atoms with Gasteiger partial charge in [-0.3, -0.25) is 0 Å². The molecule has 0 aliphatic rings. The van der Waals surface area contributed by atoms with E-state index < -0.39 is 5.63 Å². The van der Waals surface area contributed by atoms with Crippen LogP contribution in [0.2, 0.25) is 5.02 Å². The van der Waals surface area contributed by atoms with Crippen molar-refractivity contribution in [1.82, 2.24) is 0 Å². The maximum atomic E-state index is 11.9. The molecule has 1 heterocycles. The van der Waals surface area contributed by atoms with Crippen molar-refractivity contribution < 1.29 is 4.42 Å². The minimum Gasteiger partial charge on any atom is -0.421 e. The van der Waals surface area contributed by atoms with Crippen molar-refractivity contribution in [2.45, 2.75) is 0 Å². The van der Waals surface area contributed by atoms with Gasteiger partial charge in [-0.1, -0.05) is 35.9 Å². The number of hydrogen-bond donors (Lipinski definition) is 1. The van der Waals surface area contributed by atoms with E-state index in [-0.39, 0.29) is 0 Å². The molecule has 3 nitrogen and oxygen atoms in total. The lowest BCUT2D eigenvalue weighted by Gasteiger charge is -2.06. The Morgan fingerprint density at radius 2 is 1.84 bits per heavy atom.